The van der Waals surface area contributed by atoms with Gasteiger partial charge in [0, 0.05) is 17.4 Å². The van der Waals surface area contributed by atoms with Crippen LogP contribution in [0, 0.1) is 39.0 Å². The normalized spacial score (nSPS) is 9.59. The molecule has 5 nitrogen and oxygen atoms in total. The van der Waals surface area contributed by atoms with E-state index in [2.05, 4.69) is 21.4 Å². The van der Waals surface area contributed by atoms with Crippen molar-refractivity contribution in [2.45, 2.75) is 27.7 Å². The van der Waals surface area contributed by atoms with Gasteiger partial charge in [-0.1, -0.05) is 17.7 Å². The second kappa shape index (κ2) is 9.25. The van der Waals surface area contributed by atoms with Crippen LogP contribution < -0.4 is 5.32 Å². The molecule has 136 valence electrons. The molecule has 0 amide bonds. The highest BCUT2D eigenvalue weighted by atomic mass is 16.1. The van der Waals surface area contributed by atoms with Gasteiger partial charge in [-0.15, -0.1) is 0 Å². The van der Waals surface area contributed by atoms with Gasteiger partial charge in [-0.2, -0.15) is 5.26 Å². The van der Waals surface area contributed by atoms with Crippen molar-refractivity contribution >= 4 is 17.8 Å². The fourth-order valence-electron chi connectivity index (χ4n) is 2.54. The van der Waals surface area contributed by atoms with Crippen LogP contribution in [0.4, 0.5) is 11.5 Å². The Morgan fingerprint density at radius 3 is 2.15 bits per heavy atom. The fourth-order valence-corrected chi connectivity index (χ4v) is 2.54. The topological polar surface area (TPSA) is 78.7 Å². The molecule has 0 bridgehead atoms. The number of benzene rings is 2. The van der Waals surface area contributed by atoms with Crippen molar-refractivity contribution in [1.29, 1.82) is 5.26 Å². The van der Waals surface area contributed by atoms with E-state index in [1.807, 2.05) is 70.2 Å². The van der Waals surface area contributed by atoms with E-state index in [1.54, 1.807) is 6.20 Å². The predicted octanol–water partition coefficient (Wildman–Crippen LogP) is 4.82. The highest BCUT2D eigenvalue weighted by Gasteiger charge is 2.06. The predicted molar refractivity (Wildman–Crippen MR) is 107 cm³/mol. The first-order valence-corrected chi connectivity index (χ1v) is 8.53. The van der Waals surface area contributed by atoms with E-state index in [0.29, 0.717) is 5.56 Å². The van der Waals surface area contributed by atoms with Crippen LogP contribution in [0.3, 0.4) is 0 Å². The minimum Gasteiger partial charge on any atom is -0.340 e. The van der Waals surface area contributed by atoms with Crippen molar-refractivity contribution in [3.8, 4) is 6.07 Å². The number of aryl methyl sites for hydroxylation is 4. The number of rotatable bonds is 3. The van der Waals surface area contributed by atoms with Gasteiger partial charge in [-0.3, -0.25) is 4.79 Å². The van der Waals surface area contributed by atoms with Crippen LogP contribution in [0.25, 0.3) is 0 Å². The number of aromatic nitrogens is 2. The number of nitrogens with zero attached hydrogens (tertiary/aromatic N) is 3. The first kappa shape index (κ1) is 19.8. The second-order valence-electron chi connectivity index (χ2n) is 6.24. The van der Waals surface area contributed by atoms with E-state index in [1.165, 1.54) is 5.56 Å². The number of nitrogens with one attached hydrogen (secondary N) is 1. The summed E-state index contributed by atoms with van der Waals surface area (Å²) >= 11 is 0. The van der Waals surface area contributed by atoms with E-state index >= 15 is 0 Å². The standard InChI is InChI=1S/C14H15N3O.C8H7N/c1-9-6-12(8-18)7-10(2)14(9)17-13-4-5-15-11(3)16-13;1-7-2-4-8(6-9)5-3-7/h4-8H,1-3H3,(H,15,16,17);2-5H,1H3. The molecule has 1 heterocycles. The van der Waals surface area contributed by atoms with Crippen molar-refractivity contribution in [3.63, 3.8) is 0 Å². The molecule has 2 aromatic carbocycles. The Kier molecular flexibility index (Phi) is 6.79. The molecule has 0 atom stereocenters. The highest BCUT2D eigenvalue weighted by Crippen LogP contribution is 2.24. The van der Waals surface area contributed by atoms with Crippen LogP contribution in [0.5, 0.6) is 0 Å². The van der Waals surface area contributed by atoms with Gasteiger partial charge in [0.2, 0.25) is 0 Å². The molecule has 0 aliphatic rings. The van der Waals surface area contributed by atoms with Crippen molar-refractivity contribution in [1.82, 2.24) is 9.97 Å². The smallest absolute Gasteiger partial charge is 0.150 e. The summed E-state index contributed by atoms with van der Waals surface area (Å²) in [6.45, 7) is 7.79. The Morgan fingerprint density at radius 2 is 1.63 bits per heavy atom. The van der Waals surface area contributed by atoms with Gasteiger partial charge in [-0.05, 0) is 69.2 Å². The molecule has 0 fully saturated rings. The van der Waals surface area contributed by atoms with Crippen molar-refractivity contribution in [3.05, 3.63) is 82.3 Å². The number of nitriles is 1. The van der Waals surface area contributed by atoms with Crippen molar-refractivity contribution in [2.75, 3.05) is 5.32 Å². The molecule has 0 spiro atoms. The summed E-state index contributed by atoms with van der Waals surface area (Å²) in [6.07, 6.45) is 2.58. The lowest BCUT2D eigenvalue weighted by molar-refractivity contribution is 0.112. The van der Waals surface area contributed by atoms with Crippen LogP contribution >= 0.6 is 0 Å². The average molecular weight is 358 g/mol. The molecule has 0 radical (unpaired) electrons. The van der Waals surface area contributed by atoms with Crippen LogP contribution in [0.1, 0.15) is 38.4 Å². The minimum atomic E-state index is 0.689. The number of hydrogen-bond donors (Lipinski definition) is 1. The molecule has 0 unspecified atom stereocenters. The number of anilines is 2. The number of carbonyl (C=O) groups is 1. The van der Waals surface area contributed by atoms with E-state index in [9.17, 15) is 4.79 Å². The molecule has 1 N–H and O–H groups in total. The summed E-state index contributed by atoms with van der Waals surface area (Å²) in [5, 5.41) is 11.6. The first-order valence-electron chi connectivity index (χ1n) is 8.53. The lowest BCUT2D eigenvalue weighted by Gasteiger charge is -2.13. The van der Waals surface area contributed by atoms with Gasteiger partial charge in [0.1, 0.15) is 17.9 Å². The van der Waals surface area contributed by atoms with Gasteiger partial charge in [0.25, 0.3) is 0 Å². The van der Waals surface area contributed by atoms with Crippen LogP contribution in [0.15, 0.2) is 48.7 Å². The summed E-state index contributed by atoms with van der Waals surface area (Å²) in [6, 6.07) is 15.1. The lowest BCUT2D eigenvalue weighted by Crippen LogP contribution is -2.01. The van der Waals surface area contributed by atoms with Gasteiger partial charge < -0.3 is 5.32 Å². The zero-order valence-corrected chi connectivity index (χ0v) is 15.9. The maximum Gasteiger partial charge on any atom is 0.150 e. The van der Waals surface area contributed by atoms with Crippen LogP contribution in [-0.2, 0) is 0 Å². The number of carbonyl (C=O) groups excluding carboxylic acids is 1. The summed E-state index contributed by atoms with van der Waals surface area (Å²) in [5.41, 5.74) is 5.63. The molecule has 3 aromatic rings. The minimum absolute atomic E-state index is 0.689. The third kappa shape index (κ3) is 5.75. The monoisotopic (exact) mass is 358 g/mol. The average Bonchev–Trinajstić information content (AvgIpc) is 2.66. The molecule has 1 aromatic heterocycles. The Labute approximate surface area is 159 Å². The summed E-state index contributed by atoms with van der Waals surface area (Å²) in [4.78, 5) is 19.1. The zero-order chi connectivity index (χ0) is 19.8. The third-order valence-electron chi connectivity index (χ3n) is 3.90. The second-order valence-corrected chi connectivity index (χ2v) is 6.24. The van der Waals surface area contributed by atoms with Crippen molar-refractivity contribution in [2.24, 2.45) is 0 Å². The van der Waals surface area contributed by atoms with Crippen molar-refractivity contribution < 1.29 is 4.79 Å². The van der Waals surface area contributed by atoms with Gasteiger partial charge in [0.05, 0.1) is 11.6 Å². The largest absolute Gasteiger partial charge is 0.340 e. The molecule has 27 heavy (non-hydrogen) atoms. The fraction of sp³-hybridized carbons (Fsp3) is 0.182. The Hall–Kier alpha value is -3.52. The molecular formula is C22H22N4O. The molecule has 3 rings (SSSR count). The molecule has 0 saturated carbocycles. The van der Waals surface area contributed by atoms with E-state index in [4.69, 9.17) is 5.26 Å². The van der Waals surface area contributed by atoms with Gasteiger partial charge in [-0.25, -0.2) is 9.97 Å². The molecule has 0 aliphatic heterocycles. The summed E-state index contributed by atoms with van der Waals surface area (Å²) < 4.78 is 0. The zero-order valence-electron chi connectivity index (χ0n) is 15.9. The Balaban J connectivity index is 0.000000244. The number of aldehydes is 1. The van der Waals surface area contributed by atoms with Gasteiger partial charge >= 0.3 is 0 Å². The maximum absolute atomic E-state index is 10.8. The Morgan fingerprint density at radius 1 is 1.00 bits per heavy atom. The SMILES string of the molecule is Cc1ccc(C#N)cc1.Cc1nccc(Nc2c(C)cc(C=O)cc2C)n1. The summed E-state index contributed by atoms with van der Waals surface area (Å²) in [7, 11) is 0. The van der Waals surface area contributed by atoms with Crippen LogP contribution in [0.2, 0.25) is 0 Å². The van der Waals surface area contributed by atoms with E-state index in [-0.39, 0.29) is 0 Å². The van der Waals surface area contributed by atoms with Gasteiger partial charge in [0.15, 0.2) is 0 Å². The molecule has 0 saturated heterocycles. The highest BCUT2D eigenvalue weighted by molar-refractivity contribution is 5.79. The maximum atomic E-state index is 10.8. The Bertz CT molecular complexity index is 949. The first-order chi connectivity index (χ1) is 12.9. The summed E-state index contributed by atoms with van der Waals surface area (Å²) in [5.74, 6) is 1.48. The van der Waals surface area contributed by atoms with E-state index < -0.39 is 0 Å². The molecule has 5 heteroatoms. The third-order valence-corrected chi connectivity index (χ3v) is 3.90. The number of hydrogen-bond acceptors (Lipinski definition) is 5. The van der Waals surface area contributed by atoms with Crippen LogP contribution in [-0.4, -0.2) is 16.3 Å². The lowest BCUT2D eigenvalue weighted by atomic mass is 10.0. The van der Waals surface area contributed by atoms with E-state index in [0.717, 1.165) is 40.3 Å². The molecular weight excluding hydrogens is 336 g/mol. The molecule has 0 aliphatic carbocycles. The quantitative estimate of drug-likeness (QED) is 0.679.